The predicted molar refractivity (Wildman–Crippen MR) is 35.2 cm³/mol. The Morgan fingerprint density at radius 1 is 1.56 bits per heavy atom. The lowest BCUT2D eigenvalue weighted by molar-refractivity contribution is -0.0386. The third-order valence-corrected chi connectivity index (χ3v) is 1.80. The molecule has 1 fully saturated rings. The van der Waals surface area contributed by atoms with E-state index < -0.39 is 0 Å². The maximum atomic E-state index is 8.65. The van der Waals surface area contributed by atoms with Crippen molar-refractivity contribution < 1.29 is 9.84 Å². The summed E-state index contributed by atoms with van der Waals surface area (Å²) in [7, 11) is 0. The lowest BCUT2D eigenvalue weighted by Gasteiger charge is -2.24. The number of hydrogen-bond acceptors (Lipinski definition) is 2. The van der Waals surface area contributed by atoms with Gasteiger partial charge < -0.3 is 9.84 Å². The summed E-state index contributed by atoms with van der Waals surface area (Å²) in [6.45, 7) is 3.19. The molecule has 1 heterocycles. The summed E-state index contributed by atoms with van der Waals surface area (Å²) >= 11 is 0. The van der Waals surface area contributed by atoms with Crippen molar-refractivity contribution in [2.45, 2.75) is 25.9 Å². The molecular weight excluding hydrogens is 116 g/mol. The Hall–Kier alpha value is -0.0800. The molecule has 9 heavy (non-hydrogen) atoms. The van der Waals surface area contributed by atoms with Crippen LogP contribution in [0.15, 0.2) is 0 Å². The Morgan fingerprint density at radius 2 is 2.33 bits per heavy atom. The van der Waals surface area contributed by atoms with Crippen molar-refractivity contribution in [2.75, 3.05) is 13.2 Å². The second-order valence-corrected chi connectivity index (χ2v) is 2.82. The summed E-state index contributed by atoms with van der Waals surface area (Å²) in [4.78, 5) is 0. The van der Waals surface area contributed by atoms with Gasteiger partial charge in [0, 0.05) is 6.61 Å². The molecule has 54 valence electrons. The van der Waals surface area contributed by atoms with E-state index in [0.717, 1.165) is 13.0 Å². The van der Waals surface area contributed by atoms with Gasteiger partial charge in [0.15, 0.2) is 0 Å². The van der Waals surface area contributed by atoms with Crippen LogP contribution >= 0.6 is 0 Å². The van der Waals surface area contributed by atoms with Crippen LogP contribution < -0.4 is 0 Å². The minimum absolute atomic E-state index is 0.126. The summed E-state index contributed by atoms with van der Waals surface area (Å²) in [5, 5.41) is 8.65. The molecule has 0 aliphatic carbocycles. The molecule has 0 aromatic rings. The highest BCUT2D eigenvalue weighted by Crippen LogP contribution is 2.17. The first-order chi connectivity index (χ1) is 4.33. The molecule has 0 radical (unpaired) electrons. The number of hydrogen-bond donors (Lipinski definition) is 1. The van der Waals surface area contributed by atoms with Crippen LogP contribution in [-0.4, -0.2) is 24.4 Å². The second-order valence-electron chi connectivity index (χ2n) is 2.82. The Kier molecular flexibility index (Phi) is 2.49. The first kappa shape index (κ1) is 7.03. The van der Waals surface area contributed by atoms with Crippen LogP contribution in [0, 0.1) is 5.92 Å². The van der Waals surface area contributed by atoms with Gasteiger partial charge in [-0.2, -0.15) is 0 Å². The van der Waals surface area contributed by atoms with Crippen LogP contribution in [0.25, 0.3) is 0 Å². The molecule has 0 aromatic carbocycles. The van der Waals surface area contributed by atoms with Gasteiger partial charge in [-0.3, -0.25) is 0 Å². The Morgan fingerprint density at radius 3 is 2.78 bits per heavy atom. The van der Waals surface area contributed by atoms with Crippen LogP contribution in [0.3, 0.4) is 0 Å². The molecule has 1 aliphatic rings. The normalized spacial score (nSPS) is 36.7. The standard InChI is InChI=1S/C7H14O2/c1-6-2-3-7(4-8)9-5-6/h6-8H,2-5H2,1H3/t6?,7-/m0/s1. The molecule has 0 amide bonds. The van der Waals surface area contributed by atoms with E-state index in [-0.39, 0.29) is 12.7 Å². The SMILES string of the molecule is CC1CC[C@@H](CO)OC1. The molecular formula is C7H14O2. The van der Waals surface area contributed by atoms with Gasteiger partial charge in [-0.15, -0.1) is 0 Å². The molecule has 0 saturated carbocycles. The highest BCUT2D eigenvalue weighted by Gasteiger charge is 2.16. The van der Waals surface area contributed by atoms with E-state index in [2.05, 4.69) is 6.92 Å². The Labute approximate surface area is 55.8 Å². The summed E-state index contributed by atoms with van der Waals surface area (Å²) in [5.41, 5.74) is 0. The average Bonchev–Trinajstić information content (AvgIpc) is 1.90. The van der Waals surface area contributed by atoms with Crippen molar-refractivity contribution in [3.63, 3.8) is 0 Å². The van der Waals surface area contributed by atoms with E-state index in [1.54, 1.807) is 0 Å². The van der Waals surface area contributed by atoms with Crippen molar-refractivity contribution in [2.24, 2.45) is 5.92 Å². The maximum absolute atomic E-state index is 8.65. The third kappa shape index (κ3) is 1.95. The molecule has 1 unspecified atom stereocenters. The minimum atomic E-state index is 0.126. The second kappa shape index (κ2) is 3.18. The number of ether oxygens (including phenoxy) is 1. The van der Waals surface area contributed by atoms with Crippen LogP contribution in [0.4, 0.5) is 0 Å². The lowest BCUT2D eigenvalue weighted by Crippen LogP contribution is -2.26. The van der Waals surface area contributed by atoms with Crippen molar-refractivity contribution in [3.8, 4) is 0 Å². The van der Waals surface area contributed by atoms with E-state index in [4.69, 9.17) is 9.84 Å². The molecule has 1 rings (SSSR count). The summed E-state index contributed by atoms with van der Waals surface area (Å²) in [6.07, 6.45) is 2.35. The first-order valence-electron chi connectivity index (χ1n) is 3.55. The fraction of sp³-hybridized carbons (Fsp3) is 1.00. The van der Waals surface area contributed by atoms with E-state index in [9.17, 15) is 0 Å². The number of aliphatic hydroxyl groups excluding tert-OH is 1. The zero-order chi connectivity index (χ0) is 6.69. The number of aliphatic hydroxyl groups is 1. The molecule has 0 aromatic heterocycles. The summed E-state index contributed by atoms with van der Waals surface area (Å²) in [5.74, 6) is 0.688. The molecule has 0 bridgehead atoms. The zero-order valence-corrected chi connectivity index (χ0v) is 5.84. The Balaban J connectivity index is 2.18. The fourth-order valence-electron chi connectivity index (χ4n) is 1.08. The van der Waals surface area contributed by atoms with Gasteiger partial charge in [-0.05, 0) is 18.8 Å². The topological polar surface area (TPSA) is 29.5 Å². The van der Waals surface area contributed by atoms with E-state index in [1.807, 2.05) is 0 Å². The summed E-state index contributed by atoms with van der Waals surface area (Å²) < 4.78 is 5.29. The lowest BCUT2D eigenvalue weighted by atomic mass is 10.0. The number of rotatable bonds is 1. The van der Waals surface area contributed by atoms with E-state index >= 15 is 0 Å². The zero-order valence-electron chi connectivity index (χ0n) is 5.84. The van der Waals surface area contributed by atoms with Gasteiger partial charge in [0.25, 0.3) is 0 Å². The quantitative estimate of drug-likeness (QED) is 0.568. The van der Waals surface area contributed by atoms with Crippen LogP contribution in [0.1, 0.15) is 19.8 Å². The molecule has 0 spiro atoms. The third-order valence-electron chi connectivity index (χ3n) is 1.80. The molecule has 2 atom stereocenters. The van der Waals surface area contributed by atoms with Gasteiger partial charge in [-0.1, -0.05) is 6.92 Å². The van der Waals surface area contributed by atoms with Gasteiger partial charge in [0.05, 0.1) is 12.7 Å². The van der Waals surface area contributed by atoms with E-state index in [0.29, 0.717) is 5.92 Å². The van der Waals surface area contributed by atoms with Crippen molar-refractivity contribution in [3.05, 3.63) is 0 Å². The van der Waals surface area contributed by atoms with Crippen molar-refractivity contribution in [1.82, 2.24) is 0 Å². The molecule has 2 heteroatoms. The van der Waals surface area contributed by atoms with Gasteiger partial charge in [0.2, 0.25) is 0 Å². The van der Waals surface area contributed by atoms with Crippen molar-refractivity contribution >= 4 is 0 Å². The first-order valence-corrected chi connectivity index (χ1v) is 3.55. The van der Waals surface area contributed by atoms with Gasteiger partial charge >= 0.3 is 0 Å². The Bertz CT molecular complexity index is 75.0. The smallest absolute Gasteiger partial charge is 0.0806 e. The molecule has 1 aliphatic heterocycles. The van der Waals surface area contributed by atoms with Crippen LogP contribution in [-0.2, 0) is 4.74 Å². The largest absolute Gasteiger partial charge is 0.394 e. The van der Waals surface area contributed by atoms with Crippen LogP contribution in [0.2, 0.25) is 0 Å². The van der Waals surface area contributed by atoms with E-state index in [1.165, 1.54) is 6.42 Å². The molecule has 1 N–H and O–H groups in total. The summed E-state index contributed by atoms with van der Waals surface area (Å²) in [6, 6.07) is 0. The maximum Gasteiger partial charge on any atom is 0.0806 e. The monoisotopic (exact) mass is 130 g/mol. The average molecular weight is 130 g/mol. The van der Waals surface area contributed by atoms with Gasteiger partial charge in [0.1, 0.15) is 0 Å². The minimum Gasteiger partial charge on any atom is -0.394 e. The highest BCUT2D eigenvalue weighted by molar-refractivity contribution is 4.65. The fourth-order valence-corrected chi connectivity index (χ4v) is 1.08. The van der Waals surface area contributed by atoms with Crippen molar-refractivity contribution in [1.29, 1.82) is 0 Å². The van der Waals surface area contributed by atoms with Crippen LogP contribution in [0.5, 0.6) is 0 Å². The molecule has 2 nitrogen and oxygen atoms in total. The highest BCUT2D eigenvalue weighted by atomic mass is 16.5. The predicted octanol–water partition coefficient (Wildman–Crippen LogP) is 0.794. The molecule has 1 saturated heterocycles. The van der Waals surface area contributed by atoms with Gasteiger partial charge in [-0.25, -0.2) is 0 Å².